The van der Waals surface area contributed by atoms with Gasteiger partial charge in [-0.05, 0) is 22.4 Å². The second-order valence-corrected chi connectivity index (χ2v) is 6.77. The standard InChI is InChI=1S/C23H19NO2/c1-24-22-18(16-11-10-14-6-2-3-7-15(14)12-16)13-20-21(23(22)25)17-8-4-5-9-19(17)26-20/h2-12,18,24-25H,13H2,1H3. The maximum atomic E-state index is 11.0. The van der Waals surface area contributed by atoms with Gasteiger partial charge in [-0.1, -0.05) is 60.7 Å². The van der Waals surface area contributed by atoms with Gasteiger partial charge in [-0.15, -0.1) is 0 Å². The number of hydrogen-bond acceptors (Lipinski definition) is 3. The fourth-order valence-electron chi connectivity index (χ4n) is 4.09. The van der Waals surface area contributed by atoms with Gasteiger partial charge >= 0.3 is 0 Å². The van der Waals surface area contributed by atoms with E-state index in [1.807, 2.05) is 37.4 Å². The van der Waals surface area contributed by atoms with Crippen molar-refractivity contribution in [2.75, 3.05) is 7.05 Å². The molecule has 4 aromatic rings. The number of furan rings is 1. The first-order valence-electron chi connectivity index (χ1n) is 8.86. The first-order valence-corrected chi connectivity index (χ1v) is 8.86. The zero-order chi connectivity index (χ0) is 17.7. The van der Waals surface area contributed by atoms with E-state index in [0.717, 1.165) is 34.4 Å². The lowest BCUT2D eigenvalue weighted by Crippen LogP contribution is -2.22. The lowest BCUT2D eigenvalue weighted by atomic mass is 9.83. The van der Waals surface area contributed by atoms with Crippen molar-refractivity contribution in [3.05, 3.63) is 89.3 Å². The van der Waals surface area contributed by atoms with E-state index < -0.39 is 0 Å². The van der Waals surface area contributed by atoms with Gasteiger partial charge in [0, 0.05) is 24.8 Å². The highest BCUT2D eigenvalue weighted by Gasteiger charge is 2.32. The largest absolute Gasteiger partial charge is 0.505 e. The van der Waals surface area contributed by atoms with Crippen molar-refractivity contribution >= 4 is 27.5 Å². The van der Waals surface area contributed by atoms with E-state index in [-0.39, 0.29) is 11.7 Å². The maximum absolute atomic E-state index is 11.0. The monoisotopic (exact) mass is 341 g/mol. The Labute approximate surface area is 151 Å². The van der Waals surface area contributed by atoms with Gasteiger partial charge in [0.1, 0.15) is 17.1 Å². The quantitative estimate of drug-likeness (QED) is 0.515. The summed E-state index contributed by atoms with van der Waals surface area (Å²) in [6.07, 6.45) is 0.725. The van der Waals surface area contributed by atoms with Crippen molar-refractivity contribution in [2.24, 2.45) is 0 Å². The molecule has 0 radical (unpaired) electrons. The van der Waals surface area contributed by atoms with Crippen LogP contribution in [0.4, 0.5) is 0 Å². The molecule has 0 saturated heterocycles. The maximum Gasteiger partial charge on any atom is 0.146 e. The molecule has 1 unspecified atom stereocenters. The third kappa shape index (κ3) is 2.14. The molecule has 1 aliphatic carbocycles. The third-order valence-corrected chi connectivity index (χ3v) is 5.34. The van der Waals surface area contributed by atoms with Crippen LogP contribution in [0.1, 0.15) is 22.8 Å². The van der Waals surface area contributed by atoms with Gasteiger partial charge in [0.2, 0.25) is 0 Å². The fourth-order valence-corrected chi connectivity index (χ4v) is 4.09. The Kier molecular flexibility index (Phi) is 3.29. The molecule has 0 spiro atoms. The molecule has 2 N–H and O–H groups in total. The Morgan fingerprint density at radius 2 is 1.73 bits per heavy atom. The summed E-state index contributed by atoms with van der Waals surface area (Å²) in [6.45, 7) is 0. The number of aliphatic hydroxyl groups excluding tert-OH is 1. The molecule has 3 heteroatoms. The van der Waals surface area contributed by atoms with Crippen LogP contribution in [0.2, 0.25) is 0 Å². The topological polar surface area (TPSA) is 45.4 Å². The summed E-state index contributed by atoms with van der Waals surface area (Å²) < 4.78 is 6.07. The second kappa shape index (κ2) is 5.67. The van der Waals surface area contributed by atoms with E-state index in [2.05, 4.69) is 41.7 Å². The number of rotatable bonds is 2. The molecule has 1 atom stereocenters. The van der Waals surface area contributed by atoms with E-state index in [1.54, 1.807) is 0 Å². The predicted molar refractivity (Wildman–Crippen MR) is 105 cm³/mol. The summed E-state index contributed by atoms with van der Waals surface area (Å²) in [5.41, 5.74) is 3.66. The highest BCUT2D eigenvalue weighted by atomic mass is 16.3. The molecule has 3 aromatic carbocycles. The van der Waals surface area contributed by atoms with Crippen molar-refractivity contribution < 1.29 is 9.52 Å². The zero-order valence-electron chi connectivity index (χ0n) is 14.5. The molecule has 1 aromatic heterocycles. The molecule has 26 heavy (non-hydrogen) atoms. The van der Waals surface area contributed by atoms with Crippen LogP contribution < -0.4 is 5.32 Å². The Hall–Kier alpha value is -3.20. The normalized spacial score (nSPS) is 16.9. The van der Waals surface area contributed by atoms with Crippen LogP contribution in [0.15, 0.2) is 76.8 Å². The molecule has 0 fully saturated rings. The summed E-state index contributed by atoms with van der Waals surface area (Å²) in [5.74, 6) is 1.18. The van der Waals surface area contributed by atoms with Crippen LogP contribution in [0.3, 0.4) is 0 Å². The van der Waals surface area contributed by atoms with Crippen molar-refractivity contribution in [1.29, 1.82) is 0 Å². The van der Waals surface area contributed by atoms with Crippen LogP contribution in [0, 0.1) is 0 Å². The predicted octanol–water partition coefficient (Wildman–Crippen LogP) is 5.37. The average Bonchev–Trinajstić information content (AvgIpc) is 3.06. The molecule has 0 saturated carbocycles. The number of likely N-dealkylation sites (N-methyl/N-ethyl adjacent to an activating group) is 1. The lowest BCUT2D eigenvalue weighted by molar-refractivity contribution is 0.461. The highest BCUT2D eigenvalue weighted by molar-refractivity contribution is 5.92. The molecule has 1 heterocycles. The van der Waals surface area contributed by atoms with Gasteiger partial charge in [0.25, 0.3) is 0 Å². The highest BCUT2D eigenvalue weighted by Crippen LogP contribution is 2.42. The van der Waals surface area contributed by atoms with E-state index in [0.29, 0.717) is 0 Å². The van der Waals surface area contributed by atoms with Crippen molar-refractivity contribution in [3.8, 4) is 0 Å². The molecular weight excluding hydrogens is 322 g/mol. The molecule has 3 nitrogen and oxygen atoms in total. The Morgan fingerprint density at radius 3 is 2.58 bits per heavy atom. The molecular formula is C23H19NO2. The minimum Gasteiger partial charge on any atom is -0.505 e. The molecule has 0 aliphatic heterocycles. The Bertz CT molecular complexity index is 1170. The second-order valence-electron chi connectivity index (χ2n) is 6.77. The smallest absolute Gasteiger partial charge is 0.146 e. The first kappa shape index (κ1) is 15.1. The van der Waals surface area contributed by atoms with Crippen molar-refractivity contribution in [1.82, 2.24) is 5.32 Å². The Balaban J connectivity index is 1.69. The average molecular weight is 341 g/mol. The molecule has 128 valence electrons. The number of fused-ring (bicyclic) bond motifs is 4. The van der Waals surface area contributed by atoms with Crippen LogP contribution >= 0.6 is 0 Å². The van der Waals surface area contributed by atoms with Gasteiger partial charge in [-0.3, -0.25) is 0 Å². The first-order chi connectivity index (χ1) is 12.8. The van der Waals surface area contributed by atoms with Gasteiger partial charge in [0.15, 0.2) is 0 Å². The number of hydrogen-bond donors (Lipinski definition) is 2. The summed E-state index contributed by atoms with van der Waals surface area (Å²) in [5, 5.41) is 17.6. The minimum atomic E-state index is 0.0395. The fraction of sp³-hybridized carbons (Fsp3) is 0.130. The van der Waals surface area contributed by atoms with Crippen LogP contribution in [-0.4, -0.2) is 12.2 Å². The molecule has 5 rings (SSSR count). The van der Waals surface area contributed by atoms with Crippen LogP contribution in [-0.2, 0) is 6.42 Å². The summed E-state index contributed by atoms with van der Waals surface area (Å²) in [7, 11) is 1.87. The summed E-state index contributed by atoms with van der Waals surface area (Å²) in [4.78, 5) is 0. The number of allylic oxidation sites excluding steroid dienone is 1. The van der Waals surface area contributed by atoms with Crippen LogP contribution in [0.25, 0.3) is 27.5 Å². The van der Waals surface area contributed by atoms with Crippen LogP contribution in [0.5, 0.6) is 0 Å². The number of nitrogens with one attached hydrogen (secondary N) is 1. The van der Waals surface area contributed by atoms with Gasteiger partial charge in [-0.2, -0.15) is 0 Å². The van der Waals surface area contributed by atoms with Crippen molar-refractivity contribution in [2.45, 2.75) is 12.3 Å². The van der Waals surface area contributed by atoms with Gasteiger partial charge in [-0.25, -0.2) is 0 Å². The third-order valence-electron chi connectivity index (χ3n) is 5.34. The summed E-state index contributed by atoms with van der Waals surface area (Å²) in [6, 6.07) is 22.7. The van der Waals surface area contributed by atoms with E-state index >= 15 is 0 Å². The minimum absolute atomic E-state index is 0.0395. The number of aliphatic hydroxyl groups is 1. The number of benzene rings is 3. The number of para-hydroxylation sites is 1. The van der Waals surface area contributed by atoms with E-state index in [1.165, 1.54) is 16.3 Å². The van der Waals surface area contributed by atoms with E-state index in [4.69, 9.17) is 4.42 Å². The van der Waals surface area contributed by atoms with Gasteiger partial charge in [0.05, 0.1) is 11.3 Å². The summed E-state index contributed by atoms with van der Waals surface area (Å²) >= 11 is 0. The molecule has 1 aliphatic rings. The van der Waals surface area contributed by atoms with Gasteiger partial charge < -0.3 is 14.8 Å². The zero-order valence-corrected chi connectivity index (χ0v) is 14.5. The molecule has 0 bridgehead atoms. The SMILES string of the molecule is CNC1=C(O)c2c(oc3ccccc23)CC1c1ccc2ccccc2c1. The Morgan fingerprint density at radius 1 is 0.962 bits per heavy atom. The van der Waals surface area contributed by atoms with E-state index in [9.17, 15) is 5.11 Å². The van der Waals surface area contributed by atoms with Crippen molar-refractivity contribution in [3.63, 3.8) is 0 Å². The molecule has 0 amide bonds. The lowest BCUT2D eigenvalue weighted by Gasteiger charge is -2.26.